The van der Waals surface area contributed by atoms with Crippen LogP contribution in [0.2, 0.25) is 0 Å². The summed E-state index contributed by atoms with van der Waals surface area (Å²) < 4.78 is 4.86. The van der Waals surface area contributed by atoms with Crippen molar-refractivity contribution in [2.45, 2.75) is 19.8 Å². The Morgan fingerprint density at radius 1 is 1.33 bits per heavy atom. The Kier molecular flexibility index (Phi) is 4.66. The number of anilines is 1. The molecule has 2 bridgehead atoms. The van der Waals surface area contributed by atoms with E-state index in [4.69, 9.17) is 4.74 Å². The molecule has 1 saturated carbocycles. The highest BCUT2D eigenvalue weighted by Gasteiger charge is 2.51. The highest BCUT2D eigenvalue weighted by molar-refractivity contribution is 7.13. The largest absolute Gasteiger partial charge is 0.481 e. The first-order chi connectivity index (χ1) is 11.5. The van der Waals surface area contributed by atoms with Gasteiger partial charge in [-0.2, -0.15) is 0 Å². The normalized spacial score (nSPS) is 27.2. The lowest BCUT2D eigenvalue weighted by atomic mass is 9.82. The molecule has 0 aromatic carbocycles. The van der Waals surface area contributed by atoms with Crippen LogP contribution in [0, 0.1) is 23.7 Å². The lowest BCUT2D eigenvalue weighted by Gasteiger charge is -2.23. The summed E-state index contributed by atoms with van der Waals surface area (Å²) in [5.74, 6) is -2.99. The summed E-state index contributed by atoms with van der Waals surface area (Å²) in [7, 11) is 0. The number of amides is 1. The Bertz CT molecular complexity index is 698. The second-order valence-corrected chi connectivity index (χ2v) is 6.81. The Hall–Kier alpha value is -2.22. The minimum atomic E-state index is -0.936. The highest BCUT2D eigenvalue weighted by atomic mass is 32.1. The molecule has 2 aliphatic rings. The quantitative estimate of drug-likeness (QED) is 0.598. The molecule has 128 valence electrons. The van der Waals surface area contributed by atoms with Gasteiger partial charge in [-0.1, -0.05) is 12.2 Å². The van der Waals surface area contributed by atoms with Crippen LogP contribution in [0.1, 0.15) is 19.0 Å². The smallest absolute Gasteiger partial charge is 0.311 e. The van der Waals surface area contributed by atoms with Crippen molar-refractivity contribution in [1.29, 1.82) is 0 Å². The molecular weight excluding hydrogens is 332 g/mol. The van der Waals surface area contributed by atoms with Gasteiger partial charge in [0.25, 0.3) is 0 Å². The average molecular weight is 350 g/mol. The number of nitrogens with one attached hydrogen (secondary N) is 1. The van der Waals surface area contributed by atoms with Gasteiger partial charge < -0.3 is 15.2 Å². The number of carboxylic acids is 1. The highest BCUT2D eigenvalue weighted by Crippen LogP contribution is 2.48. The lowest BCUT2D eigenvalue weighted by Crippen LogP contribution is -2.36. The predicted octanol–water partition coefficient (Wildman–Crippen LogP) is 1.71. The average Bonchev–Trinajstić information content (AvgIpc) is 3.22. The van der Waals surface area contributed by atoms with Gasteiger partial charge in [0.15, 0.2) is 5.13 Å². The van der Waals surface area contributed by atoms with Crippen LogP contribution in [-0.2, 0) is 25.5 Å². The van der Waals surface area contributed by atoms with E-state index < -0.39 is 17.8 Å². The first-order valence-corrected chi connectivity index (χ1v) is 8.69. The van der Waals surface area contributed by atoms with Gasteiger partial charge in [-0.25, -0.2) is 4.98 Å². The number of esters is 1. The summed E-state index contributed by atoms with van der Waals surface area (Å²) in [6.07, 6.45) is 4.59. The molecule has 4 atom stereocenters. The number of fused-ring (bicyclic) bond motifs is 2. The minimum Gasteiger partial charge on any atom is -0.481 e. The molecule has 8 heteroatoms. The number of carbonyl (C=O) groups excluding carboxylic acids is 2. The number of hydrogen-bond acceptors (Lipinski definition) is 6. The van der Waals surface area contributed by atoms with Crippen molar-refractivity contribution < 1.29 is 24.2 Å². The zero-order valence-corrected chi connectivity index (χ0v) is 13.9. The standard InChI is InChI=1S/C16H18N2O5S/c1-2-23-11(19)6-10-7-24-16(17-10)18-14(20)12-8-3-4-9(5-8)13(12)15(21)22/h3-4,7-9,12-13H,2,5-6H2,1H3,(H,21,22)(H,17,18,20)/t8-,9-,12-,13-/m0/s1. The zero-order valence-electron chi connectivity index (χ0n) is 13.1. The molecule has 0 unspecified atom stereocenters. The van der Waals surface area contributed by atoms with E-state index in [2.05, 4.69) is 10.3 Å². The Labute approximate surface area is 142 Å². The van der Waals surface area contributed by atoms with Crippen LogP contribution < -0.4 is 5.32 Å². The molecule has 0 spiro atoms. The SMILES string of the molecule is CCOC(=O)Cc1csc(NC(=O)[C@@H]2[C@@H](C(=O)O)[C@H]3C=C[C@H]2C3)n1. The van der Waals surface area contributed by atoms with Crippen molar-refractivity contribution in [3.8, 4) is 0 Å². The number of rotatable bonds is 6. The predicted molar refractivity (Wildman–Crippen MR) is 86.4 cm³/mol. The fourth-order valence-electron chi connectivity index (χ4n) is 3.51. The molecule has 1 fully saturated rings. The molecule has 2 N–H and O–H groups in total. The lowest BCUT2D eigenvalue weighted by molar-refractivity contribution is -0.146. The molecular formula is C16H18N2O5S. The van der Waals surface area contributed by atoms with E-state index in [0.717, 1.165) is 0 Å². The maximum absolute atomic E-state index is 12.5. The van der Waals surface area contributed by atoms with Crippen LogP contribution in [0.3, 0.4) is 0 Å². The second kappa shape index (κ2) is 6.72. The maximum Gasteiger partial charge on any atom is 0.311 e. The van der Waals surface area contributed by atoms with Gasteiger partial charge >= 0.3 is 11.9 Å². The molecule has 7 nitrogen and oxygen atoms in total. The van der Waals surface area contributed by atoms with Crippen LogP contribution in [0.25, 0.3) is 0 Å². The van der Waals surface area contributed by atoms with E-state index in [1.54, 1.807) is 12.3 Å². The molecule has 0 radical (unpaired) electrons. The van der Waals surface area contributed by atoms with Gasteiger partial charge in [0.1, 0.15) is 0 Å². The molecule has 24 heavy (non-hydrogen) atoms. The van der Waals surface area contributed by atoms with Crippen molar-refractivity contribution in [3.05, 3.63) is 23.2 Å². The Morgan fingerprint density at radius 2 is 2.04 bits per heavy atom. The first kappa shape index (κ1) is 16.6. The van der Waals surface area contributed by atoms with E-state index >= 15 is 0 Å². The number of carbonyl (C=O) groups is 3. The van der Waals surface area contributed by atoms with Crippen LogP contribution in [0.4, 0.5) is 5.13 Å². The van der Waals surface area contributed by atoms with E-state index in [-0.39, 0.29) is 30.1 Å². The topological polar surface area (TPSA) is 106 Å². The molecule has 3 rings (SSSR count). The number of ether oxygens (including phenoxy) is 1. The van der Waals surface area contributed by atoms with Crippen LogP contribution in [-0.4, -0.2) is 34.5 Å². The van der Waals surface area contributed by atoms with Gasteiger partial charge in [-0.15, -0.1) is 11.3 Å². The molecule has 1 aromatic rings. The van der Waals surface area contributed by atoms with Crippen LogP contribution >= 0.6 is 11.3 Å². The third-order valence-electron chi connectivity index (χ3n) is 4.46. The second-order valence-electron chi connectivity index (χ2n) is 5.95. The first-order valence-electron chi connectivity index (χ1n) is 7.81. The van der Waals surface area contributed by atoms with Crippen molar-refractivity contribution >= 4 is 34.3 Å². The monoisotopic (exact) mass is 350 g/mol. The van der Waals surface area contributed by atoms with Gasteiger partial charge in [0, 0.05) is 5.38 Å². The fourth-order valence-corrected chi connectivity index (χ4v) is 4.22. The number of hydrogen-bond donors (Lipinski definition) is 2. The molecule has 1 amide bonds. The van der Waals surface area contributed by atoms with Gasteiger partial charge in [0.2, 0.25) is 5.91 Å². The third kappa shape index (κ3) is 3.19. The van der Waals surface area contributed by atoms with E-state index in [1.165, 1.54) is 11.3 Å². The fraction of sp³-hybridized carbons (Fsp3) is 0.500. The Balaban J connectivity index is 1.65. The number of nitrogens with zero attached hydrogens (tertiary/aromatic N) is 1. The summed E-state index contributed by atoms with van der Waals surface area (Å²) in [6, 6.07) is 0. The molecule has 0 saturated heterocycles. The van der Waals surface area contributed by atoms with E-state index in [0.29, 0.717) is 23.9 Å². The van der Waals surface area contributed by atoms with Gasteiger partial charge in [-0.3, -0.25) is 14.4 Å². The summed E-state index contributed by atoms with van der Waals surface area (Å²) in [4.78, 5) is 39.6. The van der Waals surface area contributed by atoms with Crippen molar-refractivity contribution in [2.75, 3.05) is 11.9 Å². The molecule has 0 aliphatic heterocycles. The molecule has 1 aromatic heterocycles. The summed E-state index contributed by atoms with van der Waals surface area (Å²) in [5, 5.41) is 14.1. The van der Waals surface area contributed by atoms with Crippen LogP contribution in [0.5, 0.6) is 0 Å². The molecule has 2 aliphatic carbocycles. The van der Waals surface area contributed by atoms with E-state index in [1.807, 2.05) is 12.2 Å². The van der Waals surface area contributed by atoms with Gasteiger partial charge in [0.05, 0.1) is 30.6 Å². The zero-order chi connectivity index (χ0) is 17.3. The number of aliphatic carboxylic acids is 1. The van der Waals surface area contributed by atoms with Crippen molar-refractivity contribution in [1.82, 2.24) is 4.98 Å². The maximum atomic E-state index is 12.5. The third-order valence-corrected chi connectivity index (χ3v) is 5.27. The number of thiazole rings is 1. The number of aromatic nitrogens is 1. The number of carboxylic acid groups (broad SMARTS) is 1. The summed E-state index contributed by atoms with van der Waals surface area (Å²) >= 11 is 1.21. The van der Waals surface area contributed by atoms with Crippen molar-refractivity contribution in [2.24, 2.45) is 23.7 Å². The summed E-state index contributed by atoms with van der Waals surface area (Å²) in [6.45, 7) is 2.04. The number of allylic oxidation sites excluding steroid dienone is 2. The summed E-state index contributed by atoms with van der Waals surface area (Å²) in [5.41, 5.74) is 0.524. The molecule has 1 heterocycles. The van der Waals surface area contributed by atoms with Gasteiger partial charge in [-0.05, 0) is 25.2 Å². The van der Waals surface area contributed by atoms with E-state index in [9.17, 15) is 19.5 Å². The Morgan fingerprint density at radius 3 is 2.71 bits per heavy atom. The van der Waals surface area contributed by atoms with Crippen LogP contribution in [0.15, 0.2) is 17.5 Å². The minimum absolute atomic E-state index is 0.0323. The van der Waals surface area contributed by atoms with Crippen molar-refractivity contribution in [3.63, 3.8) is 0 Å².